The van der Waals surface area contributed by atoms with Crippen molar-refractivity contribution in [3.63, 3.8) is 0 Å². The Balaban J connectivity index is 1.60. The normalized spacial score (nSPS) is 42.6. The number of hydrogen-bond acceptors (Lipinski definition) is 2. The Morgan fingerprint density at radius 1 is 1.05 bits per heavy atom. The van der Waals surface area contributed by atoms with E-state index in [9.17, 15) is 0 Å². The standard InChI is InChI=1S/C18H34N2/c1-3-14-8-9-17(19-2)16(12-14)13-20-11-10-15-6-4-5-7-18(15)20/h14-19H,3-13H2,1-2H3. The molecular weight excluding hydrogens is 244 g/mol. The highest BCUT2D eigenvalue weighted by Crippen LogP contribution is 2.38. The molecule has 20 heavy (non-hydrogen) atoms. The number of fused-ring (bicyclic) bond motifs is 1. The minimum atomic E-state index is 0.778. The predicted molar refractivity (Wildman–Crippen MR) is 85.9 cm³/mol. The lowest BCUT2D eigenvalue weighted by Crippen LogP contribution is -2.46. The molecule has 116 valence electrons. The SMILES string of the molecule is CCC1CCC(NC)C(CN2CCC3CCCCC32)C1. The van der Waals surface area contributed by atoms with Gasteiger partial charge in [0.1, 0.15) is 0 Å². The van der Waals surface area contributed by atoms with E-state index in [4.69, 9.17) is 0 Å². The molecule has 0 aromatic heterocycles. The third kappa shape index (κ3) is 3.06. The number of nitrogens with one attached hydrogen (secondary N) is 1. The van der Waals surface area contributed by atoms with E-state index in [-0.39, 0.29) is 0 Å². The molecule has 0 spiro atoms. The van der Waals surface area contributed by atoms with Gasteiger partial charge >= 0.3 is 0 Å². The molecule has 1 aliphatic heterocycles. The maximum atomic E-state index is 3.62. The topological polar surface area (TPSA) is 15.3 Å². The van der Waals surface area contributed by atoms with Crippen LogP contribution < -0.4 is 5.32 Å². The zero-order valence-corrected chi connectivity index (χ0v) is 13.6. The molecule has 3 rings (SSSR count). The molecule has 2 heteroatoms. The minimum Gasteiger partial charge on any atom is -0.317 e. The van der Waals surface area contributed by atoms with Gasteiger partial charge < -0.3 is 5.32 Å². The van der Waals surface area contributed by atoms with E-state index < -0.39 is 0 Å². The molecule has 0 aromatic carbocycles. The molecule has 3 aliphatic rings. The second-order valence-corrected chi connectivity index (χ2v) is 7.64. The van der Waals surface area contributed by atoms with Crippen molar-refractivity contribution in [2.75, 3.05) is 20.1 Å². The highest BCUT2D eigenvalue weighted by molar-refractivity contribution is 4.93. The second kappa shape index (κ2) is 6.79. The van der Waals surface area contributed by atoms with Crippen LogP contribution >= 0.6 is 0 Å². The van der Waals surface area contributed by atoms with Crippen molar-refractivity contribution < 1.29 is 0 Å². The average molecular weight is 278 g/mol. The first-order valence-electron chi connectivity index (χ1n) is 9.23. The fourth-order valence-electron chi connectivity index (χ4n) is 5.34. The summed E-state index contributed by atoms with van der Waals surface area (Å²) in [5, 5.41) is 3.62. The molecule has 0 aromatic rings. The quantitative estimate of drug-likeness (QED) is 0.844. The van der Waals surface area contributed by atoms with E-state index in [1.807, 2.05) is 0 Å². The third-order valence-electron chi connectivity index (χ3n) is 6.63. The van der Waals surface area contributed by atoms with Gasteiger partial charge in [-0.3, -0.25) is 4.90 Å². The van der Waals surface area contributed by atoms with Crippen molar-refractivity contribution in [1.29, 1.82) is 0 Å². The van der Waals surface area contributed by atoms with Gasteiger partial charge in [0.05, 0.1) is 0 Å². The lowest BCUT2D eigenvalue weighted by atomic mass is 9.76. The summed E-state index contributed by atoms with van der Waals surface area (Å²) < 4.78 is 0. The Bertz CT molecular complexity index is 304. The second-order valence-electron chi connectivity index (χ2n) is 7.64. The number of hydrogen-bond donors (Lipinski definition) is 1. The molecule has 1 heterocycles. The van der Waals surface area contributed by atoms with Crippen LogP contribution in [0.5, 0.6) is 0 Å². The van der Waals surface area contributed by atoms with Crippen molar-refractivity contribution in [1.82, 2.24) is 10.2 Å². The number of nitrogens with zero attached hydrogens (tertiary/aromatic N) is 1. The molecular formula is C18H34N2. The average Bonchev–Trinajstić information content (AvgIpc) is 2.90. The van der Waals surface area contributed by atoms with Crippen molar-refractivity contribution in [2.45, 2.75) is 76.8 Å². The molecule has 0 bridgehead atoms. The summed E-state index contributed by atoms with van der Waals surface area (Å²) in [5.74, 6) is 2.94. The molecule has 0 amide bonds. The maximum absolute atomic E-state index is 3.62. The zero-order chi connectivity index (χ0) is 13.9. The highest BCUT2D eigenvalue weighted by Gasteiger charge is 2.38. The first kappa shape index (κ1) is 14.8. The van der Waals surface area contributed by atoms with Gasteiger partial charge in [-0.25, -0.2) is 0 Å². The van der Waals surface area contributed by atoms with Crippen LogP contribution in [0.2, 0.25) is 0 Å². The molecule has 3 fully saturated rings. The van der Waals surface area contributed by atoms with Crippen LogP contribution in [0.3, 0.4) is 0 Å². The monoisotopic (exact) mass is 278 g/mol. The number of likely N-dealkylation sites (tertiary alicyclic amines) is 1. The van der Waals surface area contributed by atoms with Gasteiger partial charge in [0.15, 0.2) is 0 Å². The van der Waals surface area contributed by atoms with Gasteiger partial charge in [0.2, 0.25) is 0 Å². The fraction of sp³-hybridized carbons (Fsp3) is 1.00. The zero-order valence-electron chi connectivity index (χ0n) is 13.6. The molecule has 1 N–H and O–H groups in total. The Labute approximate surface area is 125 Å². The lowest BCUT2D eigenvalue weighted by Gasteiger charge is -2.40. The first-order valence-corrected chi connectivity index (χ1v) is 9.23. The van der Waals surface area contributed by atoms with E-state index in [0.717, 1.165) is 29.8 Å². The van der Waals surface area contributed by atoms with E-state index in [1.165, 1.54) is 70.9 Å². The largest absolute Gasteiger partial charge is 0.317 e. The molecule has 2 aliphatic carbocycles. The van der Waals surface area contributed by atoms with Crippen LogP contribution in [0.25, 0.3) is 0 Å². The Kier molecular flexibility index (Phi) is 5.04. The first-order chi connectivity index (χ1) is 9.81. The molecule has 2 saturated carbocycles. The lowest BCUT2D eigenvalue weighted by molar-refractivity contribution is 0.112. The summed E-state index contributed by atoms with van der Waals surface area (Å²) >= 11 is 0. The molecule has 2 nitrogen and oxygen atoms in total. The summed E-state index contributed by atoms with van der Waals surface area (Å²) in [4.78, 5) is 2.89. The van der Waals surface area contributed by atoms with E-state index >= 15 is 0 Å². The summed E-state index contributed by atoms with van der Waals surface area (Å²) in [6.45, 7) is 5.15. The van der Waals surface area contributed by atoms with Crippen molar-refractivity contribution in [3.8, 4) is 0 Å². The van der Waals surface area contributed by atoms with Crippen LogP contribution in [0.1, 0.15) is 64.7 Å². The Morgan fingerprint density at radius 3 is 2.70 bits per heavy atom. The van der Waals surface area contributed by atoms with Crippen molar-refractivity contribution >= 4 is 0 Å². The predicted octanol–water partition coefficient (Wildman–Crippen LogP) is 3.67. The van der Waals surface area contributed by atoms with Crippen LogP contribution in [0.4, 0.5) is 0 Å². The smallest absolute Gasteiger partial charge is 0.0124 e. The molecule has 5 atom stereocenters. The highest BCUT2D eigenvalue weighted by atomic mass is 15.2. The third-order valence-corrected chi connectivity index (χ3v) is 6.63. The van der Waals surface area contributed by atoms with Crippen LogP contribution in [-0.4, -0.2) is 37.1 Å². The Hall–Kier alpha value is -0.0800. The van der Waals surface area contributed by atoms with Gasteiger partial charge in [-0.1, -0.05) is 26.2 Å². The molecule has 5 unspecified atom stereocenters. The molecule has 1 saturated heterocycles. The van der Waals surface area contributed by atoms with Crippen LogP contribution in [0.15, 0.2) is 0 Å². The summed E-state index contributed by atoms with van der Waals surface area (Å²) in [6, 6.07) is 1.73. The Morgan fingerprint density at radius 2 is 1.90 bits per heavy atom. The van der Waals surface area contributed by atoms with Crippen LogP contribution in [0, 0.1) is 17.8 Å². The summed E-state index contributed by atoms with van der Waals surface area (Å²) in [7, 11) is 2.18. The fourth-order valence-corrected chi connectivity index (χ4v) is 5.34. The van der Waals surface area contributed by atoms with E-state index in [1.54, 1.807) is 0 Å². The van der Waals surface area contributed by atoms with Crippen molar-refractivity contribution in [2.24, 2.45) is 17.8 Å². The van der Waals surface area contributed by atoms with Gasteiger partial charge in [-0.15, -0.1) is 0 Å². The number of rotatable bonds is 4. The van der Waals surface area contributed by atoms with Gasteiger partial charge in [0, 0.05) is 18.6 Å². The van der Waals surface area contributed by atoms with E-state index in [2.05, 4.69) is 24.2 Å². The summed E-state index contributed by atoms with van der Waals surface area (Å²) in [6.07, 6.45) is 13.2. The molecule has 0 radical (unpaired) electrons. The summed E-state index contributed by atoms with van der Waals surface area (Å²) in [5.41, 5.74) is 0. The van der Waals surface area contributed by atoms with Gasteiger partial charge in [0.25, 0.3) is 0 Å². The van der Waals surface area contributed by atoms with Gasteiger partial charge in [-0.2, -0.15) is 0 Å². The van der Waals surface area contributed by atoms with Crippen molar-refractivity contribution in [3.05, 3.63) is 0 Å². The van der Waals surface area contributed by atoms with E-state index in [0.29, 0.717) is 0 Å². The van der Waals surface area contributed by atoms with Crippen LogP contribution in [-0.2, 0) is 0 Å². The maximum Gasteiger partial charge on any atom is 0.0124 e. The van der Waals surface area contributed by atoms with Gasteiger partial charge in [-0.05, 0) is 69.9 Å². The minimum absolute atomic E-state index is 0.778.